The van der Waals surface area contributed by atoms with Gasteiger partial charge in [0.25, 0.3) is 0 Å². The number of nitrogens with two attached hydrogens (primary N) is 1. The second-order valence-corrected chi connectivity index (χ2v) is 4.49. The lowest BCUT2D eigenvalue weighted by molar-refractivity contribution is 0.123. The summed E-state index contributed by atoms with van der Waals surface area (Å²) in [7, 11) is 0. The molecule has 2 N–H and O–H groups in total. The van der Waals surface area contributed by atoms with Crippen molar-refractivity contribution in [2.75, 3.05) is 13.2 Å². The van der Waals surface area contributed by atoms with Gasteiger partial charge in [-0.2, -0.15) is 0 Å². The highest BCUT2D eigenvalue weighted by atomic mass is 16.5. The van der Waals surface area contributed by atoms with Gasteiger partial charge in [0, 0.05) is 19.3 Å². The summed E-state index contributed by atoms with van der Waals surface area (Å²) >= 11 is 0. The van der Waals surface area contributed by atoms with Crippen molar-refractivity contribution in [3.8, 4) is 0 Å². The minimum atomic E-state index is 0.332. The van der Waals surface area contributed by atoms with Crippen LogP contribution in [-0.4, -0.2) is 19.3 Å². The van der Waals surface area contributed by atoms with Crippen molar-refractivity contribution >= 4 is 0 Å². The summed E-state index contributed by atoms with van der Waals surface area (Å²) in [6.45, 7) is 8.39. The van der Waals surface area contributed by atoms with Crippen LogP contribution >= 0.6 is 0 Å². The van der Waals surface area contributed by atoms with Crippen LogP contribution in [0.15, 0.2) is 0 Å². The molecule has 0 spiro atoms. The second-order valence-electron chi connectivity index (χ2n) is 4.49. The highest BCUT2D eigenvalue weighted by Crippen LogP contribution is 2.07. The van der Waals surface area contributed by atoms with Gasteiger partial charge in [-0.3, -0.25) is 0 Å². The Bertz CT molecular complexity index is 115. The summed E-state index contributed by atoms with van der Waals surface area (Å²) in [6.07, 6.45) is 5.75. The van der Waals surface area contributed by atoms with Crippen molar-refractivity contribution < 1.29 is 4.74 Å². The minimum absolute atomic E-state index is 0.332. The molecule has 0 heterocycles. The third-order valence-corrected chi connectivity index (χ3v) is 2.39. The summed E-state index contributed by atoms with van der Waals surface area (Å²) in [6, 6.07) is 0.332. The molecule has 14 heavy (non-hydrogen) atoms. The normalized spacial score (nSPS) is 13.5. The van der Waals surface area contributed by atoms with Gasteiger partial charge in [-0.15, -0.1) is 0 Å². The van der Waals surface area contributed by atoms with Gasteiger partial charge in [-0.25, -0.2) is 0 Å². The predicted octanol–water partition coefficient (Wildman–Crippen LogP) is 2.96. The fourth-order valence-corrected chi connectivity index (χ4v) is 1.27. The molecule has 0 amide bonds. The maximum absolute atomic E-state index is 5.96. The van der Waals surface area contributed by atoms with E-state index in [-0.39, 0.29) is 0 Å². The largest absolute Gasteiger partial charge is 0.381 e. The number of rotatable bonds is 9. The van der Waals surface area contributed by atoms with Crippen LogP contribution in [-0.2, 0) is 4.74 Å². The average molecular weight is 201 g/mol. The van der Waals surface area contributed by atoms with Crippen molar-refractivity contribution in [3.63, 3.8) is 0 Å². The number of hydrogen-bond donors (Lipinski definition) is 1. The van der Waals surface area contributed by atoms with Gasteiger partial charge in [0.15, 0.2) is 0 Å². The molecule has 0 rings (SSSR count). The average Bonchev–Trinajstić information content (AvgIpc) is 2.14. The highest BCUT2D eigenvalue weighted by molar-refractivity contribution is 4.61. The third-order valence-electron chi connectivity index (χ3n) is 2.39. The van der Waals surface area contributed by atoms with Gasteiger partial charge in [0.05, 0.1) is 0 Å². The van der Waals surface area contributed by atoms with Gasteiger partial charge < -0.3 is 10.5 Å². The molecule has 1 unspecified atom stereocenters. The van der Waals surface area contributed by atoms with E-state index in [2.05, 4.69) is 20.8 Å². The smallest absolute Gasteiger partial charge is 0.0480 e. The highest BCUT2D eigenvalue weighted by Gasteiger charge is 2.03. The summed E-state index contributed by atoms with van der Waals surface area (Å²) < 4.78 is 5.47. The van der Waals surface area contributed by atoms with Crippen LogP contribution in [0.1, 0.15) is 52.9 Å². The molecular weight excluding hydrogens is 174 g/mol. The van der Waals surface area contributed by atoms with E-state index in [0.717, 1.165) is 32.0 Å². The van der Waals surface area contributed by atoms with Crippen LogP contribution in [0.4, 0.5) is 0 Å². The standard InChI is InChI=1S/C12H27NO/c1-4-5-9-14-10-8-12(13)7-6-11(2)3/h11-12H,4-10,13H2,1-3H3. The van der Waals surface area contributed by atoms with E-state index in [1.807, 2.05) is 0 Å². The zero-order chi connectivity index (χ0) is 10.8. The quantitative estimate of drug-likeness (QED) is 0.582. The van der Waals surface area contributed by atoms with Gasteiger partial charge >= 0.3 is 0 Å². The molecule has 0 aromatic heterocycles. The van der Waals surface area contributed by atoms with E-state index >= 15 is 0 Å². The van der Waals surface area contributed by atoms with Gasteiger partial charge in [0.1, 0.15) is 0 Å². The zero-order valence-electron chi connectivity index (χ0n) is 10.1. The fourth-order valence-electron chi connectivity index (χ4n) is 1.27. The van der Waals surface area contributed by atoms with E-state index in [1.54, 1.807) is 0 Å². The van der Waals surface area contributed by atoms with Crippen molar-refractivity contribution in [2.24, 2.45) is 11.7 Å². The Balaban J connectivity index is 3.14. The first-order valence-electron chi connectivity index (χ1n) is 6.00. The number of ether oxygens (including phenoxy) is 1. The SMILES string of the molecule is CCCCOCCC(N)CCC(C)C. The molecule has 0 aromatic carbocycles. The van der Waals surface area contributed by atoms with Crippen molar-refractivity contribution in [3.05, 3.63) is 0 Å². The van der Waals surface area contributed by atoms with Gasteiger partial charge in [-0.1, -0.05) is 27.2 Å². The summed E-state index contributed by atoms with van der Waals surface area (Å²) in [5.74, 6) is 0.766. The first kappa shape index (κ1) is 13.9. The monoisotopic (exact) mass is 201 g/mol. The molecule has 0 aliphatic heterocycles. The Hall–Kier alpha value is -0.0800. The van der Waals surface area contributed by atoms with Crippen LogP contribution in [0, 0.1) is 5.92 Å². The summed E-state index contributed by atoms with van der Waals surface area (Å²) in [5.41, 5.74) is 5.96. The minimum Gasteiger partial charge on any atom is -0.381 e. The van der Waals surface area contributed by atoms with Crippen LogP contribution in [0.3, 0.4) is 0 Å². The Kier molecular flexibility index (Phi) is 9.42. The van der Waals surface area contributed by atoms with E-state index in [0.29, 0.717) is 6.04 Å². The van der Waals surface area contributed by atoms with Crippen LogP contribution < -0.4 is 5.73 Å². The topological polar surface area (TPSA) is 35.2 Å². The number of hydrogen-bond acceptors (Lipinski definition) is 2. The molecule has 0 fully saturated rings. The zero-order valence-corrected chi connectivity index (χ0v) is 10.1. The molecule has 0 bridgehead atoms. The maximum atomic E-state index is 5.96. The molecule has 0 aliphatic rings. The lowest BCUT2D eigenvalue weighted by atomic mass is 10.0. The van der Waals surface area contributed by atoms with Crippen LogP contribution in [0.5, 0.6) is 0 Å². The first-order valence-corrected chi connectivity index (χ1v) is 6.00. The van der Waals surface area contributed by atoms with E-state index in [1.165, 1.54) is 19.3 Å². The molecule has 0 saturated heterocycles. The predicted molar refractivity (Wildman–Crippen MR) is 62.4 cm³/mol. The number of unbranched alkanes of at least 4 members (excludes halogenated alkanes) is 1. The molecule has 2 heteroatoms. The lowest BCUT2D eigenvalue weighted by Crippen LogP contribution is -2.22. The molecule has 0 aromatic rings. The maximum Gasteiger partial charge on any atom is 0.0480 e. The van der Waals surface area contributed by atoms with E-state index < -0.39 is 0 Å². The van der Waals surface area contributed by atoms with Crippen molar-refractivity contribution in [1.29, 1.82) is 0 Å². The fraction of sp³-hybridized carbons (Fsp3) is 1.00. The summed E-state index contributed by atoms with van der Waals surface area (Å²) in [4.78, 5) is 0. The van der Waals surface area contributed by atoms with Crippen LogP contribution in [0.2, 0.25) is 0 Å². The Morgan fingerprint density at radius 2 is 1.79 bits per heavy atom. The molecule has 1 atom stereocenters. The lowest BCUT2D eigenvalue weighted by Gasteiger charge is -2.12. The molecular formula is C12H27NO. The van der Waals surface area contributed by atoms with Gasteiger partial charge in [0.2, 0.25) is 0 Å². The first-order chi connectivity index (χ1) is 6.66. The molecule has 86 valence electrons. The molecule has 0 radical (unpaired) electrons. The Labute approximate surface area is 89.2 Å². The van der Waals surface area contributed by atoms with E-state index in [9.17, 15) is 0 Å². The Morgan fingerprint density at radius 1 is 1.07 bits per heavy atom. The van der Waals surface area contributed by atoms with Crippen molar-refractivity contribution in [1.82, 2.24) is 0 Å². The van der Waals surface area contributed by atoms with Gasteiger partial charge in [-0.05, 0) is 31.6 Å². The van der Waals surface area contributed by atoms with Crippen molar-refractivity contribution in [2.45, 2.75) is 58.9 Å². The Morgan fingerprint density at radius 3 is 2.36 bits per heavy atom. The molecule has 0 aliphatic carbocycles. The van der Waals surface area contributed by atoms with E-state index in [4.69, 9.17) is 10.5 Å². The third kappa shape index (κ3) is 10.0. The summed E-state index contributed by atoms with van der Waals surface area (Å²) in [5, 5.41) is 0. The molecule has 0 saturated carbocycles. The molecule has 2 nitrogen and oxygen atoms in total. The van der Waals surface area contributed by atoms with Crippen LogP contribution in [0.25, 0.3) is 0 Å². The second kappa shape index (κ2) is 9.47.